The lowest BCUT2D eigenvalue weighted by Crippen LogP contribution is -2.14. The molecule has 0 aliphatic rings. The van der Waals surface area contributed by atoms with Gasteiger partial charge >= 0.3 is 0 Å². The van der Waals surface area contributed by atoms with E-state index in [-0.39, 0.29) is 4.90 Å². The number of benzene rings is 2. The average molecular weight is 300 g/mol. The normalized spacial score (nSPS) is 12.0. The summed E-state index contributed by atoms with van der Waals surface area (Å²) in [7, 11) is -3.63. The van der Waals surface area contributed by atoms with E-state index in [0.29, 0.717) is 11.3 Å². The van der Waals surface area contributed by atoms with Gasteiger partial charge < -0.3 is 0 Å². The summed E-state index contributed by atoms with van der Waals surface area (Å²) in [6, 6.07) is 12.4. The number of rotatable bonds is 2. The summed E-state index contributed by atoms with van der Waals surface area (Å²) in [6.07, 6.45) is 0. The van der Waals surface area contributed by atoms with Crippen LogP contribution >= 0.6 is 0 Å². The number of aryl methyl sites for hydroxylation is 3. The summed E-state index contributed by atoms with van der Waals surface area (Å²) in [5, 5.41) is 0. The zero-order chi connectivity index (χ0) is 15.2. The molecule has 3 aromatic rings. The first kappa shape index (κ1) is 13.8. The lowest BCUT2D eigenvalue weighted by molar-refractivity contribution is 0.587. The van der Waals surface area contributed by atoms with E-state index in [1.54, 1.807) is 37.3 Å². The minimum atomic E-state index is -3.63. The highest BCUT2D eigenvalue weighted by atomic mass is 32.2. The fourth-order valence-corrected chi connectivity index (χ4v) is 3.94. The van der Waals surface area contributed by atoms with Crippen molar-refractivity contribution in [1.29, 1.82) is 0 Å². The standard InChI is InChI=1S/C16H16N2O2S/c1-11-7-9-14(10-8-11)21(19,20)18-13(3)17-16-12(2)5-4-6-15(16)18/h4-10H,1-3H3. The van der Waals surface area contributed by atoms with Crippen molar-refractivity contribution in [1.82, 2.24) is 8.96 Å². The summed E-state index contributed by atoms with van der Waals surface area (Å²) in [5.41, 5.74) is 3.34. The van der Waals surface area contributed by atoms with Gasteiger partial charge in [0.05, 0.1) is 15.9 Å². The molecule has 0 aliphatic heterocycles. The van der Waals surface area contributed by atoms with Crippen LogP contribution in [0, 0.1) is 20.8 Å². The zero-order valence-electron chi connectivity index (χ0n) is 12.2. The Labute approximate surface area is 124 Å². The molecule has 0 saturated heterocycles. The molecule has 5 heteroatoms. The molecule has 21 heavy (non-hydrogen) atoms. The molecule has 1 heterocycles. The second-order valence-electron chi connectivity index (χ2n) is 5.18. The molecule has 1 aromatic heterocycles. The van der Waals surface area contributed by atoms with Crippen LogP contribution < -0.4 is 0 Å². The molecule has 2 aromatic carbocycles. The van der Waals surface area contributed by atoms with E-state index < -0.39 is 10.0 Å². The maximum Gasteiger partial charge on any atom is 0.269 e. The molecular weight excluding hydrogens is 284 g/mol. The Hall–Kier alpha value is -2.14. The predicted molar refractivity (Wildman–Crippen MR) is 83.0 cm³/mol. The molecule has 108 valence electrons. The summed E-state index contributed by atoms with van der Waals surface area (Å²) in [6.45, 7) is 5.57. The van der Waals surface area contributed by atoms with Crippen molar-refractivity contribution in [2.24, 2.45) is 0 Å². The van der Waals surface area contributed by atoms with Gasteiger partial charge in [0.2, 0.25) is 0 Å². The zero-order valence-corrected chi connectivity index (χ0v) is 13.0. The van der Waals surface area contributed by atoms with Crippen molar-refractivity contribution in [2.45, 2.75) is 25.7 Å². The van der Waals surface area contributed by atoms with E-state index in [1.165, 1.54) is 3.97 Å². The second-order valence-corrected chi connectivity index (χ2v) is 6.97. The van der Waals surface area contributed by atoms with Gasteiger partial charge in [-0.25, -0.2) is 17.4 Å². The Balaban J connectivity index is 2.31. The number of nitrogens with zero attached hydrogens (tertiary/aromatic N) is 2. The highest BCUT2D eigenvalue weighted by Crippen LogP contribution is 2.24. The van der Waals surface area contributed by atoms with Crippen LogP contribution in [-0.2, 0) is 10.0 Å². The molecule has 3 rings (SSSR count). The van der Waals surface area contributed by atoms with Crippen molar-refractivity contribution < 1.29 is 8.42 Å². The van der Waals surface area contributed by atoms with Crippen LogP contribution in [0.4, 0.5) is 0 Å². The van der Waals surface area contributed by atoms with Crippen molar-refractivity contribution >= 4 is 21.1 Å². The van der Waals surface area contributed by atoms with Crippen LogP contribution in [0.2, 0.25) is 0 Å². The molecule has 0 unspecified atom stereocenters. The lowest BCUT2D eigenvalue weighted by atomic mass is 10.2. The van der Waals surface area contributed by atoms with Gasteiger partial charge in [-0.1, -0.05) is 29.8 Å². The number of fused-ring (bicyclic) bond motifs is 1. The first-order valence-electron chi connectivity index (χ1n) is 6.68. The monoisotopic (exact) mass is 300 g/mol. The van der Waals surface area contributed by atoms with E-state index in [2.05, 4.69) is 4.98 Å². The van der Waals surface area contributed by atoms with Gasteiger partial charge in [-0.3, -0.25) is 0 Å². The van der Waals surface area contributed by atoms with E-state index in [4.69, 9.17) is 0 Å². The number of hydrogen-bond acceptors (Lipinski definition) is 3. The fraction of sp³-hybridized carbons (Fsp3) is 0.188. The van der Waals surface area contributed by atoms with E-state index in [1.807, 2.05) is 26.0 Å². The summed E-state index contributed by atoms with van der Waals surface area (Å²) >= 11 is 0. The summed E-state index contributed by atoms with van der Waals surface area (Å²) < 4.78 is 27.1. The average Bonchev–Trinajstić information content (AvgIpc) is 2.77. The summed E-state index contributed by atoms with van der Waals surface area (Å²) in [5.74, 6) is 0.472. The summed E-state index contributed by atoms with van der Waals surface area (Å²) in [4.78, 5) is 4.68. The van der Waals surface area contributed by atoms with Crippen molar-refractivity contribution in [3.63, 3.8) is 0 Å². The highest BCUT2D eigenvalue weighted by molar-refractivity contribution is 7.90. The van der Waals surface area contributed by atoms with Gasteiger partial charge in [-0.05, 0) is 44.5 Å². The van der Waals surface area contributed by atoms with Crippen LogP contribution in [0.5, 0.6) is 0 Å². The van der Waals surface area contributed by atoms with Crippen LogP contribution in [0.3, 0.4) is 0 Å². The molecule has 0 N–H and O–H groups in total. The van der Waals surface area contributed by atoms with Gasteiger partial charge in [0, 0.05) is 0 Å². The number of hydrogen-bond donors (Lipinski definition) is 0. The van der Waals surface area contributed by atoms with Gasteiger partial charge in [0.25, 0.3) is 10.0 Å². The van der Waals surface area contributed by atoms with Gasteiger partial charge in [0.1, 0.15) is 5.82 Å². The number of para-hydroxylation sites is 1. The molecule has 0 spiro atoms. The molecule has 0 atom stereocenters. The molecule has 0 amide bonds. The van der Waals surface area contributed by atoms with E-state index in [0.717, 1.165) is 16.6 Å². The highest BCUT2D eigenvalue weighted by Gasteiger charge is 2.22. The third-order valence-corrected chi connectivity index (χ3v) is 5.37. The molecule has 0 radical (unpaired) electrons. The Kier molecular flexibility index (Phi) is 3.10. The number of aromatic nitrogens is 2. The third kappa shape index (κ3) is 2.14. The molecule has 0 saturated carbocycles. The van der Waals surface area contributed by atoms with Gasteiger partial charge in [0.15, 0.2) is 0 Å². The Morgan fingerprint density at radius 1 is 0.952 bits per heavy atom. The van der Waals surface area contributed by atoms with Crippen LogP contribution in [0.1, 0.15) is 17.0 Å². The van der Waals surface area contributed by atoms with Crippen LogP contribution in [0.25, 0.3) is 11.0 Å². The van der Waals surface area contributed by atoms with Crippen molar-refractivity contribution in [2.75, 3.05) is 0 Å². The van der Waals surface area contributed by atoms with Crippen molar-refractivity contribution in [3.8, 4) is 0 Å². The molecular formula is C16H16N2O2S. The largest absolute Gasteiger partial charge is 0.269 e. The predicted octanol–water partition coefficient (Wildman–Crippen LogP) is 3.20. The van der Waals surface area contributed by atoms with Gasteiger partial charge in [-0.15, -0.1) is 0 Å². The minimum absolute atomic E-state index is 0.275. The third-order valence-electron chi connectivity index (χ3n) is 3.56. The first-order valence-corrected chi connectivity index (χ1v) is 8.12. The SMILES string of the molecule is Cc1ccc(S(=O)(=O)n2c(C)nc3c(C)cccc32)cc1. The van der Waals surface area contributed by atoms with Crippen molar-refractivity contribution in [3.05, 3.63) is 59.4 Å². The Bertz CT molecular complexity index is 923. The quantitative estimate of drug-likeness (QED) is 0.730. The van der Waals surface area contributed by atoms with E-state index >= 15 is 0 Å². The van der Waals surface area contributed by atoms with Gasteiger partial charge in [-0.2, -0.15) is 0 Å². The lowest BCUT2D eigenvalue weighted by Gasteiger charge is -2.09. The maximum absolute atomic E-state index is 12.9. The number of imidazole rings is 1. The second kappa shape index (κ2) is 4.70. The van der Waals surface area contributed by atoms with E-state index in [9.17, 15) is 8.42 Å². The topological polar surface area (TPSA) is 52.0 Å². The fourth-order valence-electron chi connectivity index (χ4n) is 2.45. The Morgan fingerprint density at radius 2 is 1.62 bits per heavy atom. The maximum atomic E-state index is 12.9. The molecule has 0 bridgehead atoms. The van der Waals surface area contributed by atoms with Crippen LogP contribution in [0.15, 0.2) is 47.4 Å². The first-order chi connectivity index (χ1) is 9.91. The molecule has 0 fully saturated rings. The molecule has 4 nitrogen and oxygen atoms in total. The smallest absolute Gasteiger partial charge is 0.232 e. The van der Waals surface area contributed by atoms with Crippen LogP contribution in [-0.4, -0.2) is 17.4 Å². The Morgan fingerprint density at radius 3 is 2.29 bits per heavy atom. The minimum Gasteiger partial charge on any atom is -0.232 e. The molecule has 0 aliphatic carbocycles.